The lowest BCUT2D eigenvalue weighted by atomic mass is 9.91. The molecule has 1 heterocycles. The second-order valence-electron chi connectivity index (χ2n) is 6.43. The van der Waals surface area contributed by atoms with Crippen molar-refractivity contribution < 1.29 is 37.0 Å². The van der Waals surface area contributed by atoms with E-state index in [-0.39, 0.29) is 13.2 Å². The smallest absolute Gasteiger partial charge is 0.397 e. The number of ether oxygens (including phenoxy) is 2. The standard InChI is InChI=1S/C20H22F3NO5/c1-4-28-17(26)19(18(27)29-5-2)12-15(20(21,22)23)16(24(19)13(3)25)11-14-9-7-6-8-10-14/h6-11,15H,4-5,12H2,1-3H3/b16-11-/t15-/m1/s1. The number of rotatable bonds is 5. The summed E-state index contributed by atoms with van der Waals surface area (Å²) in [6.45, 7) is 3.53. The molecule has 1 aliphatic heterocycles. The number of nitrogens with zero attached hydrogens (tertiary/aromatic N) is 1. The van der Waals surface area contributed by atoms with Gasteiger partial charge < -0.3 is 9.47 Å². The van der Waals surface area contributed by atoms with Crippen molar-refractivity contribution in [2.75, 3.05) is 13.2 Å². The van der Waals surface area contributed by atoms with Gasteiger partial charge in [0, 0.05) is 19.0 Å². The highest BCUT2D eigenvalue weighted by atomic mass is 19.4. The maximum Gasteiger partial charge on any atom is 0.397 e. The molecule has 2 rings (SSSR count). The van der Waals surface area contributed by atoms with Gasteiger partial charge in [0.05, 0.1) is 19.1 Å². The summed E-state index contributed by atoms with van der Waals surface area (Å²) in [5, 5.41) is 0. The van der Waals surface area contributed by atoms with Gasteiger partial charge in [0.2, 0.25) is 11.4 Å². The first-order valence-corrected chi connectivity index (χ1v) is 9.08. The first-order valence-electron chi connectivity index (χ1n) is 9.08. The van der Waals surface area contributed by atoms with Crippen molar-refractivity contribution in [1.29, 1.82) is 0 Å². The van der Waals surface area contributed by atoms with Gasteiger partial charge in [-0.1, -0.05) is 30.3 Å². The van der Waals surface area contributed by atoms with Crippen molar-refractivity contribution in [2.45, 2.75) is 38.9 Å². The molecule has 0 aromatic heterocycles. The minimum atomic E-state index is -4.81. The monoisotopic (exact) mass is 413 g/mol. The normalized spacial score (nSPS) is 19.9. The van der Waals surface area contributed by atoms with Crippen LogP contribution < -0.4 is 0 Å². The molecule has 6 nitrogen and oxygen atoms in total. The highest BCUT2D eigenvalue weighted by Crippen LogP contribution is 2.50. The molecule has 0 bridgehead atoms. The van der Waals surface area contributed by atoms with Crippen LogP contribution in [0.15, 0.2) is 36.0 Å². The van der Waals surface area contributed by atoms with Crippen LogP contribution in [0.4, 0.5) is 13.2 Å². The van der Waals surface area contributed by atoms with Gasteiger partial charge in [-0.15, -0.1) is 0 Å². The number of carbonyl (C=O) groups is 3. The molecule has 158 valence electrons. The van der Waals surface area contributed by atoms with Crippen molar-refractivity contribution >= 4 is 23.9 Å². The number of amides is 1. The zero-order valence-corrected chi connectivity index (χ0v) is 16.3. The van der Waals surface area contributed by atoms with Gasteiger partial charge in [-0.2, -0.15) is 13.2 Å². The molecule has 0 spiro atoms. The minimum Gasteiger partial charge on any atom is -0.464 e. The maximum atomic E-state index is 13.9. The third kappa shape index (κ3) is 4.28. The lowest BCUT2D eigenvalue weighted by Gasteiger charge is -2.33. The molecule has 1 atom stereocenters. The van der Waals surface area contributed by atoms with Gasteiger partial charge >= 0.3 is 18.1 Å². The Balaban J connectivity index is 2.77. The molecule has 0 saturated carbocycles. The molecule has 1 aromatic carbocycles. The predicted molar refractivity (Wildman–Crippen MR) is 97.1 cm³/mol. The SMILES string of the molecule is CCOC(=O)C1(C(=O)OCC)C[C@@H](C(F)(F)F)/C(=C/c2ccccc2)N1C(C)=O. The lowest BCUT2D eigenvalue weighted by molar-refractivity contribution is -0.177. The number of halogens is 3. The van der Waals surface area contributed by atoms with Crippen molar-refractivity contribution in [1.82, 2.24) is 4.90 Å². The zero-order chi connectivity index (χ0) is 21.8. The molecule has 29 heavy (non-hydrogen) atoms. The van der Waals surface area contributed by atoms with E-state index in [1.54, 1.807) is 30.3 Å². The minimum absolute atomic E-state index is 0.180. The summed E-state index contributed by atoms with van der Waals surface area (Å²) < 4.78 is 51.5. The summed E-state index contributed by atoms with van der Waals surface area (Å²) in [5.41, 5.74) is -2.66. The van der Waals surface area contributed by atoms with Gasteiger partial charge in [-0.3, -0.25) is 9.69 Å². The Kier molecular flexibility index (Phi) is 6.71. The van der Waals surface area contributed by atoms with E-state index in [0.717, 1.165) is 13.0 Å². The van der Waals surface area contributed by atoms with Crippen molar-refractivity contribution in [3.63, 3.8) is 0 Å². The highest BCUT2D eigenvalue weighted by Gasteiger charge is 2.67. The van der Waals surface area contributed by atoms with Crippen molar-refractivity contribution in [3.05, 3.63) is 41.6 Å². The third-order valence-corrected chi connectivity index (χ3v) is 4.55. The van der Waals surface area contributed by atoms with Gasteiger partial charge in [0.15, 0.2) is 0 Å². The quantitative estimate of drug-likeness (QED) is 0.547. The van der Waals surface area contributed by atoms with Crippen LogP contribution in [-0.2, 0) is 23.9 Å². The molecule has 1 saturated heterocycles. The van der Waals surface area contributed by atoms with Crippen LogP contribution in [0.3, 0.4) is 0 Å². The van der Waals surface area contributed by atoms with Crippen LogP contribution in [0, 0.1) is 5.92 Å². The zero-order valence-electron chi connectivity index (χ0n) is 16.3. The van der Waals surface area contributed by atoms with E-state index in [1.807, 2.05) is 0 Å². The number of esters is 2. The first-order chi connectivity index (χ1) is 13.6. The Morgan fingerprint density at radius 1 is 1.10 bits per heavy atom. The molecule has 0 radical (unpaired) electrons. The average Bonchev–Trinajstić information content (AvgIpc) is 2.99. The number of benzene rings is 1. The molecule has 1 aromatic rings. The van der Waals surface area contributed by atoms with Crippen LogP contribution in [0.25, 0.3) is 6.08 Å². The molecule has 1 aliphatic rings. The van der Waals surface area contributed by atoms with E-state index < -0.39 is 47.6 Å². The summed E-state index contributed by atoms with van der Waals surface area (Å²) in [5.74, 6) is -5.64. The number of hydrogen-bond donors (Lipinski definition) is 0. The average molecular weight is 413 g/mol. The third-order valence-electron chi connectivity index (χ3n) is 4.55. The van der Waals surface area contributed by atoms with Crippen LogP contribution >= 0.6 is 0 Å². The number of hydrogen-bond acceptors (Lipinski definition) is 5. The van der Waals surface area contributed by atoms with Gasteiger partial charge in [-0.25, -0.2) is 9.59 Å². The van der Waals surface area contributed by atoms with E-state index in [9.17, 15) is 27.6 Å². The second-order valence-corrected chi connectivity index (χ2v) is 6.43. The summed E-state index contributed by atoms with van der Waals surface area (Å²) >= 11 is 0. The number of carbonyl (C=O) groups excluding carboxylic acids is 3. The van der Waals surface area contributed by atoms with E-state index in [2.05, 4.69) is 0 Å². The topological polar surface area (TPSA) is 72.9 Å². The van der Waals surface area contributed by atoms with E-state index in [0.29, 0.717) is 10.5 Å². The fraction of sp³-hybridized carbons (Fsp3) is 0.450. The van der Waals surface area contributed by atoms with Crippen molar-refractivity contribution in [2.24, 2.45) is 5.92 Å². The molecule has 1 amide bonds. The Morgan fingerprint density at radius 2 is 1.62 bits per heavy atom. The first kappa shape index (κ1) is 22.4. The number of alkyl halides is 3. The number of allylic oxidation sites excluding steroid dienone is 1. The van der Waals surface area contributed by atoms with Gasteiger partial charge in [0.25, 0.3) is 0 Å². The maximum absolute atomic E-state index is 13.9. The van der Waals surface area contributed by atoms with Crippen LogP contribution in [0.5, 0.6) is 0 Å². The second kappa shape index (κ2) is 8.67. The molecule has 0 N–H and O–H groups in total. The molecule has 0 aliphatic carbocycles. The van der Waals surface area contributed by atoms with E-state index in [4.69, 9.17) is 9.47 Å². The molecule has 0 unspecified atom stereocenters. The summed E-state index contributed by atoms with van der Waals surface area (Å²) in [4.78, 5) is 38.5. The van der Waals surface area contributed by atoms with Crippen LogP contribution in [0.1, 0.15) is 32.8 Å². The predicted octanol–water partition coefficient (Wildman–Crippen LogP) is 3.32. The molecule has 1 fully saturated rings. The fourth-order valence-corrected chi connectivity index (χ4v) is 3.42. The summed E-state index contributed by atoms with van der Waals surface area (Å²) in [6.07, 6.45) is -4.67. The molecular formula is C20H22F3NO5. The molecule has 9 heteroatoms. The summed E-state index contributed by atoms with van der Waals surface area (Å²) in [7, 11) is 0. The largest absolute Gasteiger partial charge is 0.464 e. The fourth-order valence-electron chi connectivity index (χ4n) is 3.42. The Morgan fingerprint density at radius 3 is 2.03 bits per heavy atom. The summed E-state index contributed by atoms with van der Waals surface area (Å²) in [6, 6.07) is 8.01. The Bertz CT molecular complexity index is 786. The Labute approximate surface area is 166 Å². The van der Waals surface area contributed by atoms with E-state index in [1.165, 1.54) is 13.8 Å². The molecular weight excluding hydrogens is 391 g/mol. The highest BCUT2D eigenvalue weighted by molar-refractivity contribution is 6.09. The van der Waals surface area contributed by atoms with Crippen LogP contribution in [0.2, 0.25) is 0 Å². The number of likely N-dealkylation sites (tertiary alicyclic amines) is 1. The van der Waals surface area contributed by atoms with E-state index >= 15 is 0 Å². The lowest BCUT2D eigenvalue weighted by Crippen LogP contribution is -2.59. The van der Waals surface area contributed by atoms with Gasteiger partial charge in [-0.05, 0) is 25.5 Å². The van der Waals surface area contributed by atoms with Crippen LogP contribution in [-0.4, -0.2) is 47.7 Å². The van der Waals surface area contributed by atoms with Gasteiger partial charge in [0.1, 0.15) is 0 Å². The Hall–Kier alpha value is -2.84. The van der Waals surface area contributed by atoms with Crippen molar-refractivity contribution in [3.8, 4) is 0 Å².